The molecule has 1 amide bonds. The molecule has 380 valence electrons. The molecule has 0 spiro atoms. The van der Waals surface area contributed by atoms with Gasteiger partial charge in [0.05, 0.1) is 24.4 Å². The summed E-state index contributed by atoms with van der Waals surface area (Å²) in [6.45, 7) is 11.3. The molecule has 6 N–H and O–H groups in total. The fraction of sp³-hybridized carbons (Fsp3) is 0.725. The van der Waals surface area contributed by atoms with Gasteiger partial charge < -0.3 is 50.2 Å². The fourth-order valence-electron chi connectivity index (χ4n) is 10.5. The number of aliphatic hydroxyl groups is 3. The molecule has 1 aromatic heterocycles. The number of fused-ring (bicyclic) bond motifs is 3. The Morgan fingerprint density at radius 3 is 2.40 bits per heavy atom. The zero-order valence-corrected chi connectivity index (χ0v) is 41.5. The van der Waals surface area contributed by atoms with Crippen LogP contribution >= 0.6 is 0 Å². The van der Waals surface area contributed by atoms with Crippen molar-refractivity contribution in [2.24, 2.45) is 35.3 Å². The van der Waals surface area contributed by atoms with Crippen molar-refractivity contribution in [1.82, 2.24) is 15.2 Å². The third-order valence-corrected chi connectivity index (χ3v) is 14.8. The predicted octanol–water partition coefficient (Wildman–Crippen LogP) is 5.54. The maximum absolute atomic E-state index is 14.4. The molecule has 4 heterocycles. The number of ether oxygens (including phenoxy) is 4. The van der Waals surface area contributed by atoms with Crippen molar-refractivity contribution >= 4 is 29.3 Å². The van der Waals surface area contributed by atoms with E-state index in [2.05, 4.69) is 15.6 Å². The summed E-state index contributed by atoms with van der Waals surface area (Å²) in [5.74, 6) is -6.17. The second-order valence-electron chi connectivity index (χ2n) is 20.1. The molecule has 17 heteroatoms. The Morgan fingerprint density at radius 1 is 0.926 bits per heavy atom. The lowest BCUT2D eigenvalue weighted by Crippen LogP contribution is -2.61. The van der Waals surface area contributed by atoms with Crippen LogP contribution in [0.4, 0.5) is 5.82 Å². The summed E-state index contributed by atoms with van der Waals surface area (Å²) in [5.41, 5.74) is 8.03. The van der Waals surface area contributed by atoms with E-state index >= 15 is 0 Å². The molecule has 1 aliphatic carbocycles. The van der Waals surface area contributed by atoms with Crippen molar-refractivity contribution in [3.05, 3.63) is 53.8 Å². The van der Waals surface area contributed by atoms with Crippen LogP contribution in [0.3, 0.4) is 0 Å². The van der Waals surface area contributed by atoms with Gasteiger partial charge in [0.2, 0.25) is 5.79 Å². The van der Waals surface area contributed by atoms with Gasteiger partial charge in [0.25, 0.3) is 11.7 Å². The van der Waals surface area contributed by atoms with Crippen molar-refractivity contribution in [3.63, 3.8) is 0 Å². The lowest BCUT2D eigenvalue weighted by Gasteiger charge is -2.43. The molecule has 0 aromatic carbocycles. The highest BCUT2D eigenvalue weighted by molar-refractivity contribution is 6.39. The SMILES string of the molecule is COC1CC(C[C@@H](C)[C@@H]2CC[C@H](N)/C=C(\C)C(O)[C@@H](OC)C(=O)C(C)C[C@H](C)/C=C/C=C/C=C(\C)C(Nc3cnon3)C[C@@H]3CCC(C)C(O)(O3)C(=O)C(=O)N3CCCCC3C(=O)O2)CC[C@H]1O. The van der Waals surface area contributed by atoms with E-state index in [-0.39, 0.29) is 42.6 Å². The van der Waals surface area contributed by atoms with Crippen LogP contribution in [0.1, 0.15) is 125 Å². The van der Waals surface area contributed by atoms with Gasteiger partial charge in [-0.05, 0) is 126 Å². The van der Waals surface area contributed by atoms with E-state index in [4.69, 9.17) is 29.3 Å². The van der Waals surface area contributed by atoms with Crippen LogP contribution < -0.4 is 11.1 Å². The van der Waals surface area contributed by atoms with E-state index in [1.165, 1.54) is 18.2 Å². The number of hydrogen-bond acceptors (Lipinski definition) is 16. The molecule has 2 saturated heterocycles. The zero-order valence-electron chi connectivity index (χ0n) is 41.5. The summed E-state index contributed by atoms with van der Waals surface area (Å²) in [6, 6.07) is -2.07. The molecule has 5 rings (SSSR count). The minimum absolute atomic E-state index is 0.0176. The number of carbonyl (C=O) groups excluding carboxylic acids is 4. The van der Waals surface area contributed by atoms with Crippen LogP contribution in [0.15, 0.2) is 58.4 Å². The molecule has 1 aromatic rings. The number of aromatic nitrogens is 2. The maximum atomic E-state index is 14.4. The number of nitrogens with one attached hydrogen (secondary N) is 1. The van der Waals surface area contributed by atoms with Crippen molar-refractivity contribution in [1.29, 1.82) is 0 Å². The average Bonchev–Trinajstić information content (AvgIpc) is 3.84. The van der Waals surface area contributed by atoms with Gasteiger partial charge in [-0.15, -0.1) is 0 Å². The lowest BCUT2D eigenvalue weighted by atomic mass is 9.78. The number of piperidine rings is 1. The normalized spacial score (nSPS) is 39.1. The average molecular weight is 954 g/mol. The number of hydrogen-bond donors (Lipinski definition) is 5. The third-order valence-electron chi connectivity index (χ3n) is 14.8. The number of allylic oxidation sites excluding steroid dienone is 5. The Morgan fingerprint density at radius 2 is 1.69 bits per heavy atom. The number of nitrogens with zero attached hydrogens (tertiary/aromatic N) is 3. The Bertz CT molecular complexity index is 1940. The topological polar surface area (TPSA) is 246 Å². The molecule has 4 aliphatic rings. The predicted molar refractivity (Wildman–Crippen MR) is 254 cm³/mol. The molecule has 3 fully saturated rings. The molecule has 0 radical (unpaired) electrons. The number of carbonyl (C=O) groups is 4. The Balaban J connectivity index is 1.46. The van der Waals surface area contributed by atoms with Gasteiger partial charge in [-0.3, -0.25) is 14.4 Å². The van der Waals surface area contributed by atoms with Crippen molar-refractivity contribution in [3.8, 4) is 0 Å². The van der Waals surface area contributed by atoms with Gasteiger partial charge >= 0.3 is 5.97 Å². The van der Waals surface area contributed by atoms with Gasteiger partial charge in [0.1, 0.15) is 30.6 Å². The van der Waals surface area contributed by atoms with Gasteiger partial charge in [-0.2, -0.15) is 0 Å². The van der Waals surface area contributed by atoms with Crippen LogP contribution in [0.2, 0.25) is 0 Å². The van der Waals surface area contributed by atoms with Crippen LogP contribution in [-0.4, -0.2) is 135 Å². The van der Waals surface area contributed by atoms with E-state index in [9.17, 15) is 34.5 Å². The number of Topliss-reactive ketones (excluding diaryl/α,β-unsaturated/α-hetero) is 2. The summed E-state index contributed by atoms with van der Waals surface area (Å²) in [5, 5.41) is 45.0. The molecule has 2 bridgehead atoms. The highest BCUT2D eigenvalue weighted by Gasteiger charge is 2.53. The lowest BCUT2D eigenvalue weighted by molar-refractivity contribution is -0.263. The quantitative estimate of drug-likeness (QED) is 0.128. The second-order valence-corrected chi connectivity index (χ2v) is 20.1. The van der Waals surface area contributed by atoms with Gasteiger partial charge in [0, 0.05) is 38.6 Å². The van der Waals surface area contributed by atoms with Crippen LogP contribution in [0.5, 0.6) is 0 Å². The standard InChI is InChI=1S/C51H79N5O12/c1-30-14-10-9-11-15-31(2)39(54-44-29-53-68-55-44)28-38-20-17-35(6)51(63,67-38)48(60)49(61)56-23-13-12-16-40(56)50(62)66-42(32(3)25-36-18-21-41(57)43(27-36)64-7)22-19-37(52)26-34(5)46(59)47(65-8)45(58)33(4)24-30/h9-11,14-15,26,29-30,32-33,35-43,46-47,57,59,63H,12-13,16-25,27-28,52H2,1-8H3,(H,54,55)/b11-9+,14-10+,31-15+,34-26+/t30-,32-,33?,35?,36?,37+,38+,39?,40?,41-,42+,43?,46?,47+,51?/m1/s1. The van der Waals surface area contributed by atoms with E-state index in [0.29, 0.717) is 82.0 Å². The number of esters is 1. The van der Waals surface area contributed by atoms with Crippen LogP contribution in [-0.2, 0) is 38.1 Å². The number of methoxy groups -OCH3 is 2. The van der Waals surface area contributed by atoms with Crippen molar-refractivity contribution < 1.29 is 58.1 Å². The number of ketones is 2. The number of rotatable bonds is 7. The van der Waals surface area contributed by atoms with Crippen LogP contribution in [0.25, 0.3) is 0 Å². The van der Waals surface area contributed by atoms with Gasteiger partial charge in [-0.25, -0.2) is 9.42 Å². The summed E-state index contributed by atoms with van der Waals surface area (Å²) in [7, 11) is 3.00. The fourth-order valence-corrected chi connectivity index (χ4v) is 10.5. The van der Waals surface area contributed by atoms with E-state index in [0.717, 1.165) is 12.0 Å². The van der Waals surface area contributed by atoms with Gasteiger partial charge in [0.15, 0.2) is 11.6 Å². The minimum Gasteiger partial charge on any atom is -0.461 e. The number of anilines is 1. The number of cyclic esters (lactones) is 1. The van der Waals surface area contributed by atoms with E-state index in [1.807, 2.05) is 58.1 Å². The van der Waals surface area contributed by atoms with E-state index in [1.54, 1.807) is 27.0 Å². The molecule has 3 aliphatic heterocycles. The minimum atomic E-state index is -2.45. The zero-order chi connectivity index (χ0) is 49.7. The Kier molecular flexibility index (Phi) is 20.7. The molecule has 1 saturated carbocycles. The number of nitrogens with two attached hydrogens (primary N) is 1. The molecular formula is C51H79N5O12. The molecule has 17 nitrogen and oxygen atoms in total. The molecule has 68 heavy (non-hydrogen) atoms. The summed E-state index contributed by atoms with van der Waals surface area (Å²) in [6.07, 6.45) is 14.8. The van der Waals surface area contributed by atoms with E-state index < -0.39 is 83.9 Å². The largest absolute Gasteiger partial charge is 0.461 e. The monoisotopic (exact) mass is 954 g/mol. The number of amides is 1. The first-order valence-corrected chi connectivity index (χ1v) is 24.8. The molecule has 15 atom stereocenters. The van der Waals surface area contributed by atoms with Gasteiger partial charge in [-0.1, -0.05) is 74.9 Å². The Hall–Kier alpha value is -4.10. The highest BCUT2D eigenvalue weighted by Crippen LogP contribution is 2.38. The first kappa shape index (κ1) is 54.8. The third kappa shape index (κ3) is 14.5. The second kappa shape index (κ2) is 25.7. The first-order valence-electron chi connectivity index (χ1n) is 24.8. The summed E-state index contributed by atoms with van der Waals surface area (Å²) < 4.78 is 28.7. The summed E-state index contributed by atoms with van der Waals surface area (Å²) in [4.78, 5) is 58.1. The molecule has 8 unspecified atom stereocenters. The van der Waals surface area contributed by atoms with Crippen molar-refractivity contribution in [2.75, 3.05) is 26.1 Å². The molecular weight excluding hydrogens is 875 g/mol. The smallest absolute Gasteiger partial charge is 0.329 e. The van der Waals surface area contributed by atoms with Crippen molar-refractivity contribution in [2.45, 2.75) is 186 Å². The Labute approximate surface area is 402 Å². The maximum Gasteiger partial charge on any atom is 0.329 e. The summed E-state index contributed by atoms with van der Waals surface area (Å²) >= 11 is 0. The first-order chi connectivity index (χ1) is 32.4. The van der Waals surface area contributed by atoms with Crippen LogP contribution in [0, 0.1) is 29.6 Å². The number of aliphatic hydroxyl groups excluding tert-OH is 2. The highest BCUT2D eigenvalue weighted by atomic mass is 16.6.